The van der Waals surface area contributed by atoms with Crippen molar-refractivity contribution in [1.82, 2.24) is 4.90 Å². The molecule has 0 spiro atoms. The minimum Gasteiger partial charge on any atom is -0.463 e. The fourth-order valence-electron chi connectivity index (χ4n) is 3.79. The molecule has 104 valence electrons. The van der Waals surface area contributed by atoms with Gasteiger partial charge in [-0.1, -0.05) is 18.2 Å². The molecule has 1 amide bonds. The normalized spacial score (nSPS) is 29.1. The van der Waals surface area contributed by atoms with Crippen LogP contribution >= 0.6 is 0 Å². The van der Waals surface area contributed by atoms with E-state index in [9.17, 15) is 4.79 Å². The van der Waals surface area contributed by atoms with Crippen molar-refractivity contribution in [2.24, 2.45) is 17.6 Å². The Morgan fingerprint density at radius 1 is 1.25 bits per heavy atom. The number of likely N-dealkylation sites (tertiary alicyclic amines) is 1. The number of nitrogens with zero attached hydrogens (tertiary/aromatic N) is 1. The summed E-state index contributed by atoms with van der Waals surface area (Å²) in [6.07, 6.45) is 3.84. The molecule has 4 nitrogen and oxygen atoms in total. The number of carbonyl (C=O) groups is 1. The predicted octanol–water partition coefficient (Wildman–Crippen LogP) is 2.24. The van der Waals surface area contributed by atoms with Crippen LogP contribution in [0.3, 0.4) is 0 Å². The summed E-state index contributed by atoms with van der Waals surface area (Å²) >= 11 is 0. The van der Waals surface area contributed by atoms with Crippen LogP contribution in [-0.2, 0) is 0 Å². The van der Waals surface area contributed by atoms with Gasteiger partial charge in [0.2, 0.25) is 0 Å². The highest BCUT2D eigenvalue weighted by molar-refractivity contribution is 6.06. The summed E-state index contributed by atoms with van der Waals surface area (Å²) in [6.45, 7) is 1.64. The Bertz CT molecular complexity index is 663. The molecule has 3 atom stereocenters. The van der Waals surface area contributed by atoms with Crippen LogP contribution in [0.15, 0.2) is 34.9 Å². The number of nitrogens with two attached hydrogens (primary N) is 1. The number of hydrogen-bond donors (Lipinski definition) is 1. The number of para-hydroxylation sites is 1. The number of hydrogen-bond acceptors (Lipinski definition) is 3. The van der Waals surface area contributed by atoms with E-state index in [1.165, 1.54) is 0 Å². The summed E-state index contributed by atoms with van der Waals surface area (Å²) in [7, 11) is 0. The molecular formula is C16H18N2O2. The lowest BCUT2D eigenvalue weighted by atomic mass is 9.98. The minimum absolute atomic E-state index is 0.0801. The van der Waals surface area contributed by atoms with Crippen molar-refractivity contribution in [1.29, 1.82) is 0 Å². The molecule has 2 aromatic rings. The van der Waals surface area contributed by atoms with Gasteiger partial charge in [0.05, 0.1) is 5.56 Å². The Hall–Kier alpha value is -1.81. The summed E-state index contributed by atoms with van der Waals surface area (Å²) in [5.41, 5.74) is 7.58. The molecule has 2 heterocycles. The van der Waals surface area contributed by atoms with Gasteiger partial charge in [-0.15, -0.1) is 0 Å². The van der Waals surface area contributed by atoms with Gasteiger partial charge in [-0.2, -0.15) is 0 Å². The van der Waals surface area contributed by atoms with Gasteiger partial charge in [0.25, 0.3) is 5.91 Å². The first-order chi connectivity index (χ1) is 9.74. The second-order valence-corrected chi connectivity index (χ2v) is 6.02. The molecule has 2 N–H and O–H groups in total. The van der Waals surface area contributed by atoms with Crippen LogP contribution in [0, 0.1) is 11.8 Å². The number of rotatable bonds is 1. The molecule has 1 aromatic heterocycles. The topological polar surface area (TPSA) is 59.5 Å². The number of furan rings is 1. The van der Waals surface area contributed by atoms with E-state index in [1.807, 2.05) is 29.2 Å². The summed E-state index contributed by atoms with van der Waals surface area (Å²) in [4.78, 5) is 14.6. The zero-order chi connectivity index (χ0) is 13.7. The molecule has 0 radical (unpaired) electrons. The first-order valence-corrected chi connectivity index (χ1v) is 7.25. The lowest BCUT2D eigenvalue weighted by molar-refractivity contribution is 0.0780. The molecule has 4 rings (SSSR count). The fraction of sp³-hybridized carbons (Fsp3) is 0.438. The third-order valence-electron chi connectivity index (χ3n) is 4.91. The molecule has 2 fully saturated rings. The standard InChI is InChI=1S/C16H18N2O2/c17-14-6-5-10-7-18(8-12(10)14)16(19)13-9-20-15-4-2-1-3-11(13)15/h1-4,9-10,12,14H,5-8,17H2/t10-,12-,14-/m1/s1. The van der Waals surface area contributed by atoms with E-state index in [1.54, 1.807) is 6.26 Å². The van der Waals surface area contributed by atoms with E-state index in [0.717, 1.165) is 36.9 Å². The highest BCUT2D eigenvalue weighted by Crippen LogP contribution is 2.38. The number of benzene rings is 1. The Balaban J connectivity index is 1.62. The quantitative estimate of drug-likeness (QED) is 0.864. The maximum atomic E-state index is 12.7. The zero-order valence-corrected chi connectivity index (χ0v) is 11.3. The highest BCUT2D eigenvalue weighted by atomic mass is 16.3. The molecule has 1 saturated heterocycles. The van der Waals surface area contributed by atoms with Crippen molar-refractivity contribution in [3.63, 3.8) is 0 Å². The molecule has 20 heavy (non-hydrogen) atoms. The molecular weight excluding hydrogens is 252 g/mol. The zero-order valence-electron chi connectivity index (χ0n) is 11.3. The Kier molecular flexibility index (Phi) is 2.60. The van der Waals surface area contributed by atoms with Crippen molar-refractivity contribution in [3.05, 3.63) is 36.1 Å². The van der Waals surface area contributed by atoms with E-state index >= 15 is 0 Å². The van der Waals surface area contributed by atoms with Gasteiger partial charge in [0, 0.05) is 24.5 Å². The molecule has 2 aliphatic rings. The summed E-state index contributed by atoms with van der Waals surface area (Å²) < 4.78 is 5.47. The van der Waals surface area contributed by atoms with E-state index in [4.69, 9.17) is 10.2 Å². The first-order valence-electron chi connectivity index (χ1n) is 7.25. The van der Waals surface area contributed by atoms with Crippen LogP contribution < -0.4 is 5.73 Å². The fourth-order valence-corrected chi connectivity index (χ4v) is 3.79. The summed E-state index contributed by atoms with van der Waals surface area (Å²) in [5, 5.41) is 0.902. The lowest BCUT2D eigenvalue weighted by Gasteiger charge is -2.18. The van der Waals surface area contributed by atoms with Gasteiger partial charge in [-0.3, -0.25) is 4.79 Å². The van der Waals surface area contributed by atoms with Crippen molar-refractivity contribution in [3.8, 4) is 0 Å². The van der Waals surface area contributed by atoms with Crippen LogP contribution in [-0.4, -0.2) is 29.9 Å². The smallest absolute Gasteiger partial charge is 0.257 e. The van der Waals surface area contributed by atoms with Crippen molar-refractivity contribution < 1.29 is 9.21 Å². The van der Waals surface area contributed by atoms with E-state index in [2.05, 4.69) is 0 Å². The van der Waals surface area contributed by atoms with Crippen LogP contribution in [0.4, 0.5) is 0 Å². The Labute approximate surface area is 117 Å². The minimum atomic E-state index is 0.0801. The third kappa shape index (κ3) is 1.68. The van der Waals surface area contributed by atoms with Crippen molar-refractivity contribution in [2.75, 3.05) is 13.1 Å². The van der Waals surface area contributed by atoms with Gasteiger partial charge in [0.15, 0.2) is 0 Å². The predicted molar refractivity (Wildman–Crippen MR) is 76.3 cm³/mol. The largest absolute Gasteiger partial charge is 0.463 e. The van der Waals surface area contributed by atoms with E-state index in [0.29, 0.717) is 17.4 Å². The van der Waals surface area contributed by atoms with Crippen molar-refractivity contribution in [2.45, 2.75) is 18.9 Å². The van der Waals surface area contributed by atoms with Crippen LogP contribution in [0.2, 0.25) is 0 Å². The first kappa shape index (κ1) is 12.0. The van der Waals surface area contributed by atoms with Gasteiger partial charge in [-0.25, -0.2) is 0 Å². The Morgan fingerprint density at radius 3 is 2.95 bits per heavy atom. The number of carbonyl (C=O) groups excluding carboxylic acids is 1. The third-order valence-corrected chi connectivity index (χ3v) is 4.91. The number of fused-ring (bicyclic) bond motifs is 2. The molecule has 0 bridgehead atoms. The van der Waals surface area contributed by atoms with Gasteiger partial charge >= 0.3 is 0 Å². The molecule has 1 aliphatic carbocycles. The van der Waals surface area contributed by atoms with Crippen LogP contribution in [0.1, 0.15) is 23.2 Å². The average molecular weight is 270 g/mol. The molecule has 1 saturated carbocycles. The maximum Gasteiger partial charge on any atom is 0.257 e. The van der Waals surface area contributed by atoms with E-state index in [-0.39, 0.29) is 11.9 Å². The van der Waals surface area contributed by atoms with Gasteiger partial charge in [0.1, 0.15) is 11.8 Å². The van der Waals surface area contributed by atoms with Gasteiger partial charge < -0.3 is 15.1 Å². The summed E-state index contributed by atoms with van der Waals surface area (Å²) in [5.74, 6) is 1.15. The SMILES string of the molecule is N[C@@H]1CC[C@@H]2CN(C(=O)c3coc4ccccc34)C[C@H]21. The Morgan fingerprint density at radius 2 is 2.10 bits per heavy atom. The maximum absolute atomic E-state index is 12.7. The molecule has 0 unspecified atom stereocenters. The van der Waals surface area contributed by atoms with E-state index < -0.39 is 0 Å². The van der Waals surface area contributed by atoms with Crippen LogP contribution in [0.25, 0.3) is 11.0 Å². The average Bonchev–Trinajstić information content (AvgIpc) is 3.14. The molecule has 1 aliphatic heterocycles. The second-order valence-electron chi connectivity index (χ2n) is 6.02. The monoisotopic (exact) mass is 270 g/mol. The molecule has 4 heteroatoms. The lowest BCUT2D eigenvalue weighted by Crippen LogP contribution is -2.33. The van der Waals surface area contributed by atoms with Gasteiger partial charge in [-0.05, 0) is 30.7 Å². The second kappa shape index (κ2) is 4.35. The van der Waals surface area contributed by atoms with Crippen LogP contribution in [0.5, 0.6) is 0 Å². The highest BCUT2D eigenvalue weighted by Gasteiger charge is 2.42. The summed E-state index contributed by atoms with van der Waals surface area (Å²) in [6, 6.07) is 7.94. The number of amides is 1. The van der Waals surface area contributed by atoms with Crippen molar-refractivity contribution >= 4 is 16.9 Å². The molecule has 1 aromatic carbocycles.